The van der Waals surface area contributed by atoms with Crippen LogP contribution in [0.4, 0.5) is 8.78 Å². The Labute approximate surface area is 168 Å². The van der Waals surface area contributed by atoms with E-state index in [2.05, 4.69) is 10.4 Å². The molecule has 1 atom stereocenters. The quantitative estimate of drug-likeness (QED) is 0.565. The number of aromatic nitrogens is 2. The summed E-state index contributed by atoms with van der Waals surface area (Å²) >= 11 is 5.83. The summed E-state index contributed by atoms with van der Waals surface area (Å²) in [6.07, 6.45) is -0.410. The van der Waals surface area contributed by atoms with Crippen molar-refractivity contribution in [3.8, 4) is 11.6 Å². The van der Waals surface area contributed by atoms with Crippen LogP contribution in [-0.4, -0.2) is 31.9 Å². The summed E-state index contributed by atoms with van der Waals surface area (Å²) in [5, 5.41) is 25.9. The van der Waals surface area contributed by atoms with Gasteiger partial charge in [-0.2, -0.15) is 9.78 Å². The number of hydrogen-bond donors (Lipinski definition) is 3. The largest absolute Gasteiger partial charge is 0.493 e. The van der Waals surface area contributed by atoms with Gasteiger partial charge in [0.2, 0.25) is 5.88 Å². The number of carboxylic acids is 1. The number of aliphatic carboxylic acids is 1. The first kappa shape index (κ1) is 20.3. The van der Waals surface area contributed by atoms with Crippen LogP contribution in [0.15, 0.2) is 48.5 Å². The van der Waals surface area contributed by atoms with Gasteiger partial charge in [0, 0.05) is 17.2 Å². The second-order valence-electron chi connectivity index (χ2n) is 6.07. The molecule has 3 rings (SSSR count). The van der Waals surface area contributed by atoms with E-state index >= 15 is 0 Å². The summed E-state index contributed by atoms with van der Waals surface area (Å²) in [6.45, 7) is 0. The molecule has 0 spiro atoms. The molecule has 0 radical (unpaired) electrons. The lowest BCUT2D eigenvalue weighted by Gasteiger charge is -2.16. The van der Waals surface area contributed by atoms with Crippen LogP contribution in [0.5, 0.6) is 5.88 Å². The maximum absolute atomic E-state index is 13.9. The maximum atomic E-state index is 13.9. The van der Waals surface area contributed by atoms with Crippen molar-refractivity contribution in [3.05, 3.63) is 76.4 Å². The summed E-state index contributed by atoms with van der Waals surface area (Å²) < 4.78 is 27.8. The Bertz CT molecular complexity index is 1070. The lowest BCUT2D eigenvalue weighted by molar-refractivity contribution is -0.137. The highest BCUT2D eigenvalue weighted by Gasteiger charge is 2.22. The van der Waals surface area contributed by atoms with Crippen LogP contribution in [0.1, 0.15) is 28.5 Å². The van der Waals surface area contributed by atoms with Crippen molar-refractivity contribution in [2.75, 3.05) is 0 Å². The van der Waals surface area contributed by atoms with Crippen molar-refractivity contribution in [1.29, 1.82) is 0 Å². The number of carbonyl (C=O) groups excluding carboxylic acids is 1. The molecule has 0 saturated heterocycles. The molecule has 0 fully saturated rings. The fraction of sp³-hybridized carbons (Fsp3) is 0.105. The van der Waals surface area contributed by atoms with Crippen molar-refractivity contribution in [3.63, 3.8) is 0 Å². The summed E-state index contributed by atoms with van der Waals surface area (Å²) in [7, 11) is 0. The zero-order valence-electron chi connectivity index (χ0n) is 14.6. The Hall–Kier alpha value is -3.46. The van der Waals surface area contributed by atoms with Gasteiger partial charge in [0.05, 0.1) is 12.5 Å². The molecule has 0 aliphatic heterocycles. The number of nitrogens with zero attached hydrogens (tertiary/aromatic N) is 2. The molecule has 1 amide bonds. The van der Waals surface area contributed by atoms with E-state index in [9.17, 15) is 23.5 Å². The minimum absolute atomic E-state index is 0.261. The van der Waals surface area contributed by atoms with E-state index in [1.54, 1.807) is 24.3 Å². The molecule has 0 bridgehead atoms. The normalized spacial score (nSPS) is 11.8. The molecular weight excluding hydrogens is 408 g/mol. The van der Waals surface area contributed by atoms with E-state index in [-0.39, 0.29) is 11.4 Å². The van der Waals surface area contributed by atoms with Crippen LogP contribution < -0.4 is 5.32 Å². The van der Waals surface area contributed by atoms with E-state index in [1.165, 1.54) is 0 Å². The molecule has 0 saturated carbocycles. The first-order valence-corrected chi connectivity index (χ1v) is 8.65. The predicted molar refractivity (Wildman–Crippen MR) is 99.1 cm³/mol. The van der Waals surface area contributed by atoms with Crippen LogP contribution in [0, 0.1) is 11.6 Å². The zero-order chi connectivity index (χ0) is 21.1. The highest BCUT2D eigenvalue weighted by molar-refractivity contribution is 6.30. The molecular formula is C19H14ClF2N3O4. The number of halogens is 3. The average Bonchev–Trinajstić information content (AvgIpc) is 3.03. The van der Waals surface area contributed by atoms with Crippen LogP contribution in [0.25, 0.3) is 5.69 Å². The summed E-state index contributed by atoms with van der Waals surface area (Å²) in [5.74, 6) is -4.28. The van der Waals surface area contributed by atoms with Crippen molar-refractivity contribution in [1.82, 2.24) is 15.1 Å². The molecule has 150 valence electrons. The van der Waals surface area contributed by atoms with Gasteiger partial charge in [0.25, 0.3) is 5.91 Å². The number of hydrogen-bond acceptors (Lipinski definition) is 4. The number of aromatic hydroxyl groups is 1. The van der Waals surface area contributed by atoms with Gasteiger partial charge < -0.3 is 15.5 Å². The van der Waals surface area contributed by atoms with Crippen LogP contribution in [0.2, 0.25) is 5.02 Å². The van der Waals surface area contributed by atoms with Crippen LogP contribution >= 0.6 is 11.6 Å². The van der Waals surface area contributed by atoms with Gasteiger partial charge in [-0.05, 0) is 29.8 Å². The van der Waals surface area contributed by atoms with Gasteiger partial charge in [-0.15, -0.1) is 0 Å². The zero-order valence-corrected chi connectivity index (χ0v) is 15.4. The van der Waals surface area contributed by atoms with Crippen LogP contribution in [-0.2, 0) is 4.79 Å². The van der Waals surface area contributed by atoms with Crippen molar-refractivity contribution in [2.24, 2.45) is 0 Å². The minimum atomic E-state index is -1.15. The number of carboxylic acid groups (broad SMARTS) is 1. The maximum Gasteiger partial charge on any atom is 0.305 e. The SMILES string of the molecule is O=C(O)C[C@H](NC(=O)c1cc(O)n(-c2ccc(F)cc2F)n1)c1ccc(Cl)cc1. The highest BCUT2D eigenvalue weighted by Crippen LogP contribution is 2.23. The van der Waals surface area contributed by atoms with Gasteiger partial charge in [-0.3, -0.25) is 9.59 Å². The second-order valence-corrected chi connectivity index (χ2v) is 6.51. The number of carbonyl (C=O) groups is 2. The monoisotopic (exact) mass is 421 g/mol. The summed E-state index contributed by atoms with van der Waals surface area (Å²) in [5.41, 5.74) is -0.0447. The summed E-state index contributed by atoms with van der Waals surface area (Å²) in [6, 6.07) is 8.97. The third kappa shape index (κ3) is 4.69. The van der Waals surface area contributed by atoms with Gasteiger partial charge >= 0.3 is 5.97 Å². The number of nitrogens with one attached hydrogen (secondary N) is 1. The molecule has 7 nitrogen and oxygen atoms in total. The smallest absolute Gasteiger partial charge is 0.305 e. The Balaban J connectivity index is 1.87. The Morgan fingerprint density at radius 1 is 1.14 bits per heavy atom. The van der Waals surface area contributed by atoms with E-state index in [1.807, 2.05) is 0 Å². The lowest BCUT2D eigenvalue weighted by atomic mass is 10.0. The standard InChI is InChI=1S/C19H14ClF2N3O4/c20-11-3-1-10(2-4-11)14(9-18(27)28)23-19(29)15-8-17(26)25(24-15)16-6-5-12(21)7-13(16)22/h1-8,14,26H,9H2,(H,23,29)(H,27,28)/t14-/m0/s1. The lowest BCUT2D eigenvalue weighted by Crippen LogP contribution is -2.30. The van der Waals surface area contributed by atoms with Crippen molar-refractivity contribution in [2.45, 2.75) is 12.5 Å². The molecule has 2 aromatic carbocycles. The van der Waals surface area contributed by atoms with Gasteiger partial charge in [0.1, 0.15) is 11.5 Å². The first-order chi connectivity index (χ1) is 13.7. The Kier molecular flexibility index (Phi) is 5.79. The topological polar surface area (TPSA) is 104 Å². The number of benzene rings is 2. The fourth-order valence-electron chi connectivity index (χ4n) is 2.67. The third-order valence-electron chi connectivity index (χ3n) is 4.02. The fourth-order valence-corrected chi connectivity index (χ4v) is 2.79. The van der Waals surface area contributed by atoms with Gasteiger partial charge in [0.15, 0.2) is 11.5 Å². The van der Waals surface area contributed by atoms with Gasteiger partial charge in [-0.25, -0.2) is 8.78 Å². The average molecular weight is 422 g/mol. The molecule has 29 heavy (non-hydrogen) atoms. The first-order valence-electron chi connectivity index (χ1n) is 8.27. The molecule has 3 aromatic rings. The molecule has 3 N–H and O–H groups in total. The van der Waals surface area contributed by atoms with E-state index in [0.29, 0.717) is 16.7 Å². The van der Waals surface area contributed by atoms with Gasteiger partial charge in [-0.1, -0.05) is 23.7 Å². The molecule has 10 heteroatoms. The van der Waals surface area contributed by atoms with E-state index in [0.717, 1.165) is 22.9 Å². The Morgan fingerprint density at radius 3 is 2.45 bits per heavy atom. The summed E-state index contributed by atoms with van der Waals surface area (Å²) in [4.78, 5) is 23.7. The molecule has 0 aliphatic rings. The van der Waals surface area contributed by atoms with E-state index < -0.39 is 41.9 Å². The minimum Gasteiger partial charge on any atom is -0.493 e. The highest BCUT2D eigenvalue weighted by atomic mass is 35.5. The molecule has 1 aromatic heterocycles. The molecule has 0 unspecified atom stereocenters. The second kappa shape index (κ2) is 8.27. The van der Waals surface area contributed by atoms with Crippen molar-refractivity contribution >= 4 is 23.5 Å². The van der Waals surface area contributed by atoms with Crippen LogP contribution in [0.3, 0.4) is 0 Å². The number of amides is 1. The Morgan fingerprint density at radius 2 is 1.83 bits per heavy atom. The van der Waals surface area contributed by atoms with E-state index in [4.69, 9.17) is 16.7 Å². The molecule has 1 heterocycles. The number of rotatable bonds is 6. The predicted octanol–water partition coefficient (Wildman–Crippen LogP) is 3.46. The molecule has 0 aliphatic carbocycles. The third-order valence-corrected chi connectivity index (χ3v) is 4.27. The van der Waals surface area contributed by atoms with Crippen molar-refractivity contribution < 1.29 is 28.6 Å².